The molecule has 0 bridgehead atoms. The normalized spacial score (nSPS) is 6.78. The van der Waals surface area contributed by atoms with E-state index in [-0.39, 0.29) is 0 Å². The van der Waals surface area contributed by atoms with Gasteiger partial charge in [0.15, 0.2) is 0 Å². The molecule has 0 unspecified atom stereocenters. The summed E-state index contributed by atoms with van der Waals surface area (Å²) in [6.07, 6.45) is 1.09. The van der Waals surface area contributed by atoms with Crippen molar-refractivity contribution in [2.75, 3.05) is 5.75 Å². The van der Waals surface area contributed by atoms with E-state index in [1.165, 1.54) is 11.8 Å². The number of nitrogens with zero attached hydrogens (tertiary/aromatic N) is 3. The number of thioether (sulfide) groups is 1. The molecule has 0 amide bonds. The van der Waals surface area contributed by atoms with E-state index in [0.29, 0.717) is 0 Å². The van der Waals surface area contributed by atoms with E-state index < -0.39 is 0 Å². The molecular formula is C5H7N3S. The van der Waals surface area contributed by atoms with Crippen LogP contribution < -0.4 is 0 Å². The standard InChI is InChI=1S/C5H7N3S/c1-2-4-9-5-3-7-8-6/h2,4H2,1H3. The van der Waals surface area contributed by atoms with Gasteiger partial charge in [-0.25, -0.2) is 0 Å². The van der Waals surface area contributed by atoms with Crippen LogP contribution in [0.5, 0.6) is 0 Å². The number of hydrogen-bond acceptors (Lipinski definition) is 2. The Bertz CT molecular complexity index is 161. The van der Waals surface area contributed by atoms with Crippen LogP contribution in [0.3, 0.4) is 0 Å². The Morgan fingerprint density at radius 1 is 1.78 bits per heavy atom. The molecule has 0 aromatic rings. The fourth-order valence-electron chi connectivity index (χ4n) is 0.228. The second-order valence-electron chi connectivity index (χ2n) is 1.25. The summed E-state index contributed by atoms with van der Waals surface area (Å²) >= 11 is 1.47. The van der Waals surface area contributed by atoms with Gasteiger partial charge in [-0.1, -0.05) is 18.7 Å². The molecule has 0 aromatic heterocycles. The van der Waals surface area contributed by atoms with E-state index in [4.69, 9.17) is 5.53 Å². The lowest BCUT2D eigenvalue weighted by Gasteiger charge is -1.80. The molecule has 0 aliphatic heterocycles. The Hall–Kier alpha value is -0.780. The topological polar surface area (TPSA) is 48.8 Å². The van der Waals surface area contributed by atoms with Crippen molar-refractivity contribution in [3.05, 3.63) is 10.4 Å². The van der Waals surface area contributed by atoms with E-state index in [9.17, 15) is 0 Å². The molecule has 9 heavy (non-hydrogen) atoms. The molecule has 0 radical (unpaired) electrons. The van der Waals surface area contributed by atoms with Gasteiger partial charge in [-0.3, -0.25) is 0 Å². The van der Waals surface area contributed by atoms with Crippen molar-refractivity contribution in [3.8, 4) is 11.3 Å². The zero-order valence-electron chi connectivity index (χ0n) is 5.16. The third-order valence-corrected chi connectivity index (χ3v) is 1.37. The summed E-state index contributed by atoms with van der Waals surface area (Å²) in [4.78, 5) is 2.47. The van der Waals surface area contributed by atoms with E-state index >= 15 is 0 Å². The lowest BCUT2D eigenvalue weighted by molar-refractivity contribution is 1.11. The monoisotopic (exact) mass is 141 g/mol. The minimum Gasteiger partial charge on any atom is -0.0748 e. The molecule has 0 rings (SSSR count). The average Bonchev–Trinajstić information content (AvgIpc) is 1.89. The zero-order valence-corrected chi connectivity index (χ0v) is 5.98. The average molecular weight is 141 g/mol. The van der Waals surface area contributed by atoms with Crippen LogP contribution in [-0.2, 0) is 0 Å². The first-order valence-corrected chi connectivity index (χ1v) is 3.56. The number of azide groups is 1. The maximum atomic E-state index is 7.77. The van der Waals surface area contributed by atoms with Gasteiger partial charge in [-0.05, 0) is 22.3 Å². The Balaban J connectivity index is 3.26. The van der Waals surface area contributed by atoms with Gasteiger partial charge in [0.2, 0.25) is 0 Å². The molecule has 0 fully saturated rings. The van der Waals surface area contributed by atoms with Crippen LogP contribution >= 0.6 is 11.8 Å². The highest BCUT2D eigenvalue weighted by Crippen LogP contribution is 1.97. The largest absolute Gasteiger partial charge is 0.0748 e. The summed E-state index contributed by atoms with van der Waals surface area (Å²) in [6.45, 7) is 2.07. The molecule has 0 spiro atoms. The third kappa shape index (κ3) is 7.22. The highest BCUT2D eigenvalue weighted by Gasteiger charge is 1.73. The predicted molar refractivity (Wildman–Crippen MR) is 39.7 cm³/mol. The van der Waals surface area contributed by atoms with Gasteiger partial charge in [-0.2, -0.15) is 0 Å². The van der Waals surface area contributed by atoms with Crippen molar-refractivity contribution >= 4 is 11.8 Å². The number of hydrogen-bond donors (Lipinski definition) is 0. The third-order valence-electron chi connectivity index (χ3n) is 0.519. The Labute approximate surface area is 58.5 Å². The molecule has 0 heterocycles. The fraction of sp³-hybridized carbons (Fsp3) is 0.600. The summed E-state index contributed by atoms with van der Waals surface area (Å²) in [5.41, 5.74) is 7.77. The first kappa shape index (κ1) is 8.22. The Morgan fingerprint density at radius 2 is 2.56 bits per heavy atom. The van der Waals surface area contributed by atoms with Crippen LogP contribution in [0.2, 0.25) is 0 Å². The van der Waals surface area contributed by atoms with E-state index in [1.54, 1.807) is 0 Å². The highest BCUT2D eigenvalue weighted by atomic mass is 32.2. The predicted octanol–water partition coefficient (Wildman–Crippen LogP) is 2.36. The summed E-state index contributed by atoms with van der Waals surface area (Å²) in [5.74, 6) is 0.994. The first-order chi connectivity index (χ1) is 4.41. The fourth-order valence-corrected chi connectivity index (χ4v) is 0.640. The van der Waals surface area contributed by atoms with Crippen molar-refractivity contribution in [2.45, 2.75) is 13.3 Å². The maximum absolute atomic E-state index is 7.77. The van der Waals surface area contributed by atoms with Gasteiger partial charge in [-0.15, -0.1) is 0 Å². The van der Waals surface area contributed by atoms with Crippen LogP contribution in [0.1, 0.15) is 13.3 Å². The molecule has 0 aromatic carbocycles. The molecule has 0 aliphatic carbocycles. The molecule has 0 saturated carbocycles. The van der Waals surface area contributed by atoms with Gasteiger partial charge in [0.1, 0.15) is 0 Å². The highest BCUT2D eigenvalue weighted by molar-refractivity contribution is 8.03. The molecule has 0 N–H and O–H groups in total. The van der Waals surface area contributed by atoms with Crippen molar-refractivity contribution < 1.29 is 0 Å². The molecule has 3 nitrogen and oxygen atoms in total. The summed E-state index contributed by atoms with van der Waals surface area (Å²) in [7, 11) is 0. The van der Waals surface area contributed by atoms with E-state index in [1.807, 2.05) is 0 Å². The maximum Gasteiger partial charge on any atom is 0.0127 e. The van der Waals surface area contributed by atoms with Gasteiger partial charge in [0.25, 0.3) is 0 Å². The zero-order chi connectivity index (χ0) is 6.95. The Kier molecular flexibility index (Phi) is 6.59. The van der Waals surface area contributed by atoms with Crippen LogP contribution in [0.25, 0.3) is 10.4 Å². The minimum atomic E-state index is 0.994. The Morgan fingerprint density at radius 3 is 3.11 bits per heavy atom. The molecule has 4 heteroatoms. The van der Waals surface area contributed by atoms with Crippen molar-refractivity contribution in [1.29, 1.82) is 0 Å². The SMILES string of the molecule is CCCSC#CN=[N+]=[N-]. The van der Waals surface area contributed by atoms with E-state index in [0.717, 1.165) is 12.2 Å². The first-order valence-electron chi connectivity index (χ1n) is 2.57. The van der Waals surface area contributed by atoms with Gasteiger partial charge >= 0.3 is 0 Å². The second-order valence-corrected chi connectivity index (χ2v) is 2.15. The van der Waals surface area contributed by atoms with Crippen molar-refractivity contribution in [3.63, 3.8) is 0 Å². The summed E-state index contributed by atoms with van der Waals surface area (Å²) < 4.78 is 0. The lowest BCUT2D eigenvalue weighted by Crippen LogP contribution is -1.65. The van der Waals surface area contributed by atoms with Crippen molar-refractivity contribution in [2.24, 2.45) is 5.11 Å². The van der Waals surface area contributed by atoms with Crippen LogP contribution in [0, 0.1) is 11.3 Å². The quantitative estimate of drug-likeness (QED) is 0.191. The van der Waals surface area contributed by atoms with Gasteiger partial charge < -0.3 is 0 Å². The number of rotatable bonds is 2. The van der Waals surface area contributed by atoms with Crippen LogP contribution in [0.4, 0.5) is 0 Å². The lowest BCUT2D eigenvalue weighted by atomic mass is 10.6. The summed E-state index contributed by atoms with van der Waals surface area (Å²) in [6, 6.07) is 2.29. The van der Waals surface area contributed by atoms with Gasteiger partial charge in [0.05, 0.1) is 0 Å². The smallest absolute Gasteiger partial charge is 0.0127 e. The molecule has 48 valence electrons. The molecular weight excluding hydrogens is 134 g/mol. The van der Waals surface area contributed by atoms with Gasteiger partial charge in [0, 0.05) is 16.7 Å². The van der Waals surface area contributed by atoms with Crippen LogP contribution in [-0.4, -0.2) is 5.75 Å². The molecule has 0 aliphatic rings. The minimum absolute atomic E-state index is 0.994. The van der Waals surface area contributed by atoms with Crippen LogP contribution in [0.15, 0.2) is 5.11 Å². The van der Waals surface area contributed by atoms with E-state index in [2.05, 4.69) is 28.2 Å². The second kappa shape index (κ2) is 7.22. The molecule has 0 saturated heterocycles. The molecule has 0 atom stereocenters. The summed E-state index contributed by atoms with van der Waals surface area (Å²) in [5, 5.41) is 5.68. The van der Waals surface area contributed by atoms with Crippen molar-refractivity contribution in [1.82, 2.24) is 0 Å².